The summed E-state index contributed by atoms with van der Waals surface area (Å²) in [6.07, 6.45) is 3.97. The Kier molecular flexibility index (Phi) is 3.63. The molecule has 3 aromatic rings. The third-order valence-electron chi connectivity index (χ3n) is 3.15. The first-order valence-corrected chi connectivity index (χ1v) is 6.91. The van der Waals surface area contributed by atoms with Crippen LogP contribution in [0.15, 0.2) is 42.6 Å². The minimum Gasteiger partial charge on any atom is -0.494 e. The molecule has 0 bridgehead atoms. The van der Waals surface area contributed by atoms with Crippen LogP contribution in [0.1, 0.15) is 19.8 Å². The molecule has 0 aliphatic rings. The molecule has 4 heteroatoms. The van der Waals surface area contributed by atoms with Crippen molar-refractivity contribution in [1.82, 2.24) is 15.0 Å². The Bertz CT molecular complexity index is 655. The van der Waals surface area contributed by atoms with Gasteiger partial charge in [-0.25, -0.2) is 9.97 Å². The summed E-state index contributed by atoms with van der Waals surface area (Å²) < 4.78 is 5.65. The van der Waals surface area contributed by atoms with Gasteiger partial charge in [0.25, 0.3) is 0 Å². The fraction of sp³-hybridized carbons (Fsp3) is 0.250. The zero-order valence-corrected chi connectivity index (χ0v) is 11.5. The molecule has 0 saturated heterocycles. The molecule has 102 valence electrons. The summed E-state index contributed by atoms with van der Waals surface area (Å²) >= 11 is 0. The number of H-pyrrole nitrogens is 1. The highest BCUT2D eigenvalue weighted by atomic mass is 16.5. The van der Waals surface area contributed by atoms with Crippen LogP contribution >= 0.6 is 0 Å². The minimum absolute atomic E-state index is 0.741. The van der Waals surface area contributed by atoms with E-state index in [4.69, 9.17) is 4.74 Å². The Morgan fingerprint density at radius 3 is 2.75 bits per heavy atom. The van der Waals surface area contributed by atoms with Gasteiger partial charge in [-0.3, -0.25) is 0 Å². The van der Waals surface area contributed by atoms with Gasteiger partial charge >= 0.3 is 0 Å². The van der Waals surface area contributed by atoms with Crippen molar-refractivity contribution < 1.29 is 4.74 Å². The van der Waals surface area contributed by atoms with Crippen LogP contribution in [-0.2, 0) is 0 Å². The van der Waals surface area contributed by atoms with E-state index in [-0.39, 0.29) is 0 Å². The molecule has 20 heavy (non-hydrogen) atoms. The van der Waals surface area contributed by atoms with Crippen molar-refractivity contribution in [3.05, 3.63) is 42.6 Å². The number of pyridine rings is 1. The Hall–Kier alpha value is -2.36. The Morgan fingerprint density at radius 1 is 1.15 bits per heavy atom. The van der Waals surface area contributed by atoms with E-state index in [0.717, 1.165) is 47.7 Å². The summed E-state index contributed by atoms with van der Waals surface area (Å²) in [5.74, 6) is 1.73. The molecule has 2 aromatic heterocycles. The van der Waals surface area contributed by atoms with E-state index in [0.29, 0.717) is 0 Å². The summed E-state index contributed by atoms with van der Waals surface area (Å²) in [5, 5.41) is 0. The van der Waals surface area contributed by atoms with Gasteiger partial charge in [0.05, 0.1) is 12.1 Å². The highest BCUT2D eigenvalue weighted by Crippen LogP contribution is 2.22. The number of fused-ring (bicyclic) bond motifs is 1. The number of imidazole rings is 1. The molecule has 0 amide bonds. The van der Waals surface area contributed by atoms with Crippen LogP contribution in [0.3, 0.4) is 0 Å². The van der Waals surface area contributed by atoms with Crippen LogP contribution in [0.4, 0.5) is 0 Å². The molecule has 1 N–H and O–H groups in total. The monoisotopic (exact) mass is 267 g/mol. The van der Waals surface area contributed by atoms with Crippen LogP contribution < -0.4 is 4.74 Å². The van der Waals surface area contributed by atoms with E-state index < -0.39 is 0 Å². The van der Waals surface area contributed by atoms with Gasteiger partial charge in [0.2, 0.25) is 0 Å². The molecule has 0 fully saturated rings. The average Bonchev–Trinajstić information content (AvgIpc) is 2.92. The third kappa shape index (κ3) is 2.64. The molecular formula is C16H17N3O. The van der Waals surface area contributed by atoms with E-state index in [1.165, 1.54) is 0 Å². The van der Waals surface area contributed by atoms with Gasteiger partial charge in [-0.05, 0) is 42.8 Å². The highest BCUT2D eigenvalue weighted by molar-refractivity contribution is 5.75. The van der Waals surface area contributed by atoms with Crippen molar-refractivity contribution in [2.75, 3.05) is 6.61 Å². The second kappa shape index (κ2) is 5.74. The number of benzene rings is 1. The van der Waals surface area contributed by atoms with Gasteiger partial charge < -0.3 is 9.72 Å². The SMILES string of the molecule is CCCCOc1ccc(-c2nc3ncccc3[nH]2)cc1. The summed E-state index contributed by atoms with van der Waals surface area (Å²) in [7, 11) is 0. The average molecular weight is 267 g/mol. The van der Waals surface area contributed by atoms with E-state index in [9.17, 15) is 0 Å². The molecule has 4 nitrogen and oxygen atoms in total. The van der Waals surface area contributed by atoms with Crippen molar-refractivity contribution in [1.29, 1.82) is 0 Å². The maximum absolute atomic E-state index is 5.65. The minimum atomic E-state index is 0.741. The van der Waals surface area contributed by atoms with Crippen LogP contribution in [0.25, 0.3) is 22.6 Å². The van der Waals surface area contributed by atoms with Gasteiger partial charge in [0.15, 0.2) is 5.65 Å². The number of nitrogens with one attached hydrogen (secondary N) is 1. The lowest BCUT2D eigenvalue weighted by Crippen LogP contribution is -1.96. The van der Waals surface area contributed by atoms with E-state index in [1.54, 1.807) is 6.20 Å². The normalized spacial score (nSPS) is 10.8. The Balaban J connectivity index is 1.79. The molecule has 3 rings (SSSR count). The topological polar surface area (TPSA) is 50.8 Å². The largest absolute Gasteiger partial charge is 0.494 e. The predicted molar refractivity (Wildman–Crippen MR) is 79.7 cm³/mol. The Morgan fingerprint density at radius 2 is 2.00 bits per heavy atom. The molecule has 0 aliphatic heterocycles. The molecule has 2 heterocycles. The van der Waals surface area contributed by atoms with Crippen molar-refractivity contribution in [3.63, 3.8) is 0 Å². The molecular weight excluding hydrogens is 250 g/mol. The van der Waals surface area contributed by atoms with Crippen molar-refractivity contribution in [3.8, 4) is 17.1 Å². The number of hydrogen-bond acceptors (Lipinski definition) is 3. The van der Waals surface area contributed by atoms with E-state index >= 15 is 0 Å². The van der Waals surface area contributed by atoms with Gasteiger partial charge in [0, 0.05) is 11.8 Å². The number of aromatic amines is 1. The number of ether oxygens (including phenoxy) is 1. The third-order valence-corrected chi connectivity index (χ3v) is 3.15. The van der Waals surface area contributed by atoms with Crippen LogP contribution in [0.5, 0.6) is 5.75 Å². The molecule has 0 radical (unpaired) electrons. The fourth-order valence-electron chi connectivity index (χ4n) is 2.03. The second-order valence-corrected chi connectivity index (χ2v) is 4.69. The molecule has 0 saturated carbocycles. The molecule has 0 aliphatic carbocycles. The standard InChI is InChI=1S/C16H17N3O/c1-2-3-11-20-13-8-6-12(7-9-13)15-18-14-5-4-10-17-16(14)19-15/h4-10H,2-3,11H2,1H3,(H,17,18,19). The summed E-state index contributed by atoms with van der Waals surface area (Å²) in [6, 6.07) is 11.9. The molecule has 0 atom stereocenters. The van der Waals surface area contributed by atoms with Crippen LogP contribution in [0, 0.1) is 0 Å². The summed E-state index contributed by atoms with van der Waals surface area (Å²) in [6.45, 7) is 2.92. The second-order valence-electron chi connectivity index (χ2n) is 4.69. The van der Waals surface area contributed by atoms with Crippen molar-refractivity contribution >= 4 is 11.2 Å². The number of hydrogen-bond donors (Lipinski definition) is 1. The number of nitrogens with zero attached hydrogens (tertiary/aromatic N) is 2. The lowest BCUT2D eigenvalue weighted by molar-refractivity contribution is 0.309. The number of unbranched alkanes of at least 4 members (excludes halogenated alkanes) is 1. The summed E-state index contributed by atoms with van der Waals surface area (Å²) in [5.41, 5.74) is 2.72. The number of aromatic nitrogens is 3. The fourth-order valence-corrected chi connectivity index (χ4v) is 2.03. The first-order chi connectivity index (χ1) is 9.86. The van der Waals surface area contributed by atoms with Gasteiger partial charge in [-0.2, -0.15) is 0 Å². The zero-order chi connectivity index (χ0) is 13.8. The summed E-state index contributed by atoms with van der Waals surface area (Å²) in [4.78, 5) is 12.0. The predicted octanol–water partition coefficient (Wildman–Crippen LogP) is 3.80. The Labute approximate surface area is 117 Å². The van der Waals surface area contributed by atoms with E-state index in [2.05, 4.69) is 21.9 Å². The first-order valence-electron chi connectivity index (χ1n) is 6.91. The van der Waals surface area contributed by atoms with E-state index in [1.807, 2.05) is 36.4 Å². The first kappa shape index (κ1) is 12.7. The zero-order valence-electron chi connectivity index (χ0n) is 11.5. The lowest BCUT2D eigenvalue weighted by atomic mass is 10.2. The van der Waals surface area contributed by atoms with Gasteiger partial charge in [-0.1, -0.05) is 13.3 Å². The maximum Gasteiger partial charge on any atom is 0.178 e. The number of rotatable bonds is 5. The molecule has 1 aromatic carbocycles. The molecule has 0 unspecified atom stereocenters. The smallest absolute Gasteiger partial charge is 0.178 e. The van der Waals surface area contributed by atoms with Crippen LogP contribution in [0.2, 0.25) is 0 Å². The molecule has 0 spiro atoms. The van der Waals surface area contributed by atoms with Crippen molar-refractivity contribution in [2.45, 2.75) is 19.8 Å². The quantitative estimate of drug-likeness (QED) is 0.715. The van der Waals surface area contributed by atoms with Gasteiger partial charge in [0.1, 0.15) is 11.6 Å². The maximum atomic E-state index is 5.65. The lowest BCUT2D eigenvalue weighted by Gasteiger charge is -2.05. The van der Waals surface area contributed by atoms with Crippen molar-refractivity contribution in [2.24, 2.45) is 0 Å². The van der Waals surface area contributed by atoms with Gasteiger partial charge in [-0.15, -0.1) is 0 Å². The van der Waals surface area contributed by atoms with Crippen LogP contribution in [-0.4, -0.2) is 21.6 Å². The highest BCUT2D eigenvalue weighted by Gasteiger charge is 2.05.